The zero-order valence-corrected chi connectivity index (χ0v) is 13.0. The van der Waals surface area contributed by atoms with Crippen LogP contribution in [0.25, 0.3) is 0 Å². The van der Waals surface area contributed by atoms with Crippen molar-refractivity contribution in [1.29, 1.82) is 0 Å². The van der Waals surface area contributed by atoms with Gasteiger partial charge in [-0.1, -0.05) is 23.2 Å². The molecule has 0 aromatic heterocycles. The molecule has 1 fully saturated rings. The number of nitrogen functional groups attached to an aromatic ring is 1. The summed E-state index contributed by atoms with van der Waals surface area (Å²) in [5.41, 5.74) is 6.39. The van der Waals surface area contributed by atoms with E-state index in [9.17, 15) is 9.59 Å². The molecule has 0 bridgehead atoms. The Bertz CT molecular complexity index is 540. The van der Waals surface area contributed by atoms with Crippen LogP contribution in [-0.2, 0) is 9.59 Å². The average Bonchev–Trinajstić information content (AvgIpc) is 2.42. The molecule has 114 valence electrons. The fraction of sp³-hybridized carbons (Fsp3) is 0.429. The van der Waals surface area contributed by atoms with Gasteiger partial charge >= 0.3 is 0 Å². The van der Waals surface area contributed by atoms with E-state index in [1.807, 2.05) is 0 Å². The number of benzene rings is 1. The van der Waals surface area contributed by atoms with Gasteiger partial charge in [0.25, 0.3) is 0 Å². The lowest BCUT2D eigenvalue weighted by Gasteiger charge is -2.26. The molecule has 7 heteroatoms. The second-order valence-electron chi connectivity index (χ2n) is 5.00. The van der Waals surface area contributed by atoms with Crippen molar-refractivity contribution in [1.82, 2.24) is 4.90 Å². The summed E-state index contributed by atoms with van der Waals surface area (Å²) in [6, 6.07) is 3.05. The molecule has 2 amide bonds. The van der Waals surface area contributed by atoms with Gasteiger partial charge in [-0.2, -0.15) is 0 Å². The molecule has 0 saturated carbocycles. The molecule has 21 heavy (non-hydrogen) atoms. The van der Waals surface area contributed by atoms with Gasteiger partial charge in [-0.25, -0.2) is 0 Å². The molecule has 0 radical (unpaired) electrons. The Morgan fingerprint density at radius 1 is 1.29 bits per heavy atom. The van der Waals surface area contributed by atoms with E-state index < -0.39 is 0 Å². The lowest BCUT2D eigenvalue weighted by molar-refractivity contribution is -0.133. The molecule has 0 aliphatic carbocycles. The number of hydrogen-bond acceptors (Lipinski definition) is 3. The number of rotatable bonds is 4. The monoisotopic (exact) mass is 329 g/mol. The standard InChI is InChI=1S/C14H17Cl2N3O2/c15-10-7-9(17)8-11(16)14(10)18-12(20)4-6-19-5-2-1-3-13(19)21/h7-8H,1-6,17H2,(H,18,20). The first-order chi connectivity index (χ1) is 9.97. The van der Waals surface area contributed by atoms with Gasteiger partial charge in [0.15, 0.2) is 0 Å². The SMILES string of the molecule is Nc1cc(Cl)c(NC(=O)CCN2CCCCC2=O)c(Cl)c1. The van der Waals surface area contributed by atoms with Crippen molar-refractivity contribution in [3.63, 3.8) is 0 Å². The van der Waals surface area contributed by atoms with Gasteiger partial charge in [0.05, 0.1) is 15.7 Å². The Labute approximate surface area is 133 Å². The molecule has 1 saturated heterocycles. The molecular weight excluding hydrogens is 313 g/mol. The summed E-state index contributed by atoms with van der Waals surface area (Å²) in [7, 11) is 0. The van der Waals surface area contributed by atoms with Gasteiger partial charge in [-0.05, 0) is 25.0 Å². The normalized spacial score (nSPS) is 15.1. The number of hydrogen-bond donors (Lipinski definition) is 2. The molecule has 1 aliphatic rings. The van der Waals surface area contributed by atoms with Crippen molar-refractivity contribution in [3.8, 4) is 0 Å². The predicted molar refractivity (Wildman–Crippen MR) is 84.6 cm³/mol. The van der Waals surface area contributed by atoms with E-state index in [-0.39, 0.29) is 18.2 Å². The molecule has 1 aliphatic heterocycles. The third-order valence-corrected chi connectivity index (χ3v) is 3.96. The number of halogens is 2. The van der Waals surface area contributed by atoms with Crippen LogP contribution in [0.1, 0.15) is 25.7 Å². The summed E-state index contributed by atoms with van der Waals surface area (Å²) in [6.45, 7) is 1.13. The Morgan fingerprint density at radius 3 is 2.57 bits per heavy atom. The molecule has 3 N–H and O–H groups in total. The maximum Gasteiger partial charge on any atom is 0.226 e. The number of nitrogens with zero attached hydrogens (tertiary/aromatic N) is 1. The highest BCUT2D eigenvalue weighted by Crippen LogP contribution is 2.32. The fourth-order valence-corrected chi connectivity index (χ4v) is 2.85. The highest BCUT2D eigenvalue weighted by atomic mass is 35.5. The van der Waals surface area contributed by atoms with Gasteiger partial charge in [0.2, 0.25) is 11.8 Å². The van der Waals surface area contributed by atoms with Gasteiger partial charge < -0.3 is 16.0 Å². The van der Waals surface area contributed by atoms with Gasteiger partial charge in [-0.3, -0.25) is 9.59 Å². The maximum atomic E-state index is 12.0. The van der Waals surface area contributed by atoms with E-state index in [0.29, 0.717) is 34.4 Å². The highest BCUT2D eigenvalue weighted by molar-refractivity contribution is 6.40. The number of nitrogens with two attached hydrogens (primary N) is 1. The Hall–Kier alpha value is -1.46. The summed E-state index contributed by atoms with van der Waals surface area (Å²) >= 11 is 12.0. The van der Waals surface area contributed by atoms with Crippen LogP contribution in [0.2, 0.25) is 10.0 Å². The van der Waals surface area contributed by atoms with Crippen LogP contribution in [0.4, 0.5) is 11.4 Å². The fourth-order valence-electron chi connectivity index (χ4n) is 2.25. The zero-order chi connectivity index (χ0) is 15.4. The lowest BCUT2D eigenvalue weighted by Crippen LogP contribution is -2.37. The summed E-state index contributed by atoms with van der Waals surface area (Å²) in [5.74, 6) is -0.125. The van der Waals surface area contributed by atoms with E-state index in [1.165, 1.54) is 12.1 Å². The molecule has 0 unspecified atom stereocenters. The minimum Gasteiger partial charge on any atom is -0.399 e. The first-order valence-corrected chi connectivity index (χ1v) is 7.55. The molecule has 2 rings (SSSR count). The zero-order valence-electron chi connectivity index (χ0n) is 11.5. The van der Waals surface area contributed by atoms with E-state index in [2.05, 4.69) is 5.32 Å². The highest BCUT2D eigenvalue weighted by Gasteiger charge is 2.19. The second-order valence-corrected chi connectivity index (χ2v) is 5.81. The van der Waals surface area contributed by atoms with Crippen LogP contribution >= 0.6 is 23.2 Å². The number of carbonyl (C=O) groups is 2. The van der Waals surface area contributed by atoms with Crippen molar-refractivity contribution >= 4 is 46.4 Å². The van der Waals surface area contributed by atoms with Crippen molar-refractivity contribution in [2.24, 2.45) is 0 Å². The van der Waals surface area contributed by atoms with Crippen LogP contribution in [0.15, 0.2) is 12.1 Å². The Kier molecular flexibility index (Phi) is 5.31. The summed E-state index contributed by atoms with van der Waals surface area (Å²) in [5, 5.41) is 3.25. The summed E-state index contributed by atoms with van der Waals surface area (Å²) < 4.78 is 0. The minimum absolute atomic E-state index is 0.109. The molecule has 1 heterocycles. The van der Waals surface area contributed by atoms with E-state index in [0.717, 1.165) is 19.4 Å². The predicted octanol–water partition coefficient (Wildman–Crippen LogP) is 2.92. The number of piperidine rings is 1. The molecule has 1 aromatic rings. The first kappa shape index (κ1) is 15.9. The van der Waals surface area contributed by atoms with E-state index >= 15 is 0 Å². The third kappa shape index (κ3) is 4.25. The van der Waals surface area contributed by atoms with Crippen molar-refractivity contribution in [2.45, 2.75) is 25.7 Å². The van der Waals surface area contributed by atoms with Crippen molar-refractivity contribution in [3.05, 3.63) is 22.2 Å². The molecule has 0 atom stereocenters. The topological polar surface area (TPSA) is 75.4 Å². The first-order valence-electron chi connectivity index (χ1n) is 6.79. The molecule has 1 aromatic carbocycles. The number of nitrogens with one attached hydrogen (secondary N) is 1. The lowest BCUT2D eigenvalue weighted by atomic mass is 10.1. The molecule has 0 spiro atoms. The van der Waals surface area contributed by atoms with Crippen molar-refractivity contribution < 1.29 is 9.59 Å². The van der Waals surface area contributed by atoms with Crippen LogP contribution < -0.4 is 11.1 Å². The van der Waals surface area contributed by atoms with Gasteiger partial charge in [-0.15, -0.1) is 0 Å². The van der Waals surface area contributed by atoms with Crippen LogP contribution in [0, 0.1) is 0 Å². The van der Waals surface area contributed by atoms with Crippen LogP contribution in [-0.4, -0.2) is 29.8 Å². The number of likely N-dealkylation sites (tertiary alicyclic amines) is 1. The number of anilines is 2. The minimum atomic E-state index is -0.234. The maximum absolute atomic E-state index is 12.0. The molecular formula is C14H17Cl2N3O2. The number of amides is 2. The Morgan fingerprint density at radius 2 is 1.95 bits per heavy atom. The van der Waals surface area contributed by atoms with E-state index in [1.54, 1.807) is 4.90 Å². The smallest absolute Gasteiger partial charge is 0.226 e. The third-order valence-electron chi connectivity index (χ3n) is 3.36. The Balaban J connectivity index is 1.91. The molecule has 5 nitrogen and oxygen atoms in total. The van der Waals surface area contributed by atoms with Gasteiger partial charge in [0, 0.05) is 31.6 Å². The quantitative estimate of drug-likeness (QED) is 0.834. The average molecular weight is 330 g/mol. The van der Waals surface area contributed by atoms with E-state index in [4.69, 9.17) is 28.9 Å². The van der Waals surface area contributed by atoms with Gasteiger partial charge in [0.1, 0.15) is 0 Å². The largest absolute Gasteiger partial charge is 0.399 e. The second kappa shape index (κ2) is 7.00. The van der Waals surface area contributed by atoms with Crippen LogP contribution in [0.5, 0.6) is 0 Å². The summed E-state index contributed by atoms with van der Waals surface area (Å²) in [4.78, 5) is 25.3. The number of carbonyl (C=O) groups excluding carboxylic acids is 2. The summed E-state index contributed by atoms with van der Waals surface area (Å²) in [6.07, 6.45) is 2.70. The van der Waals surface area contributed by atoms with Crippen LogP contribution in [0.3, 0.4) is 0 Å². The van der Waals surface area contributed by atoms with Crippen molar-refractivity contribution in [2.75, 3.05) is 24.1 Å².